The number of ether oxygens (including phenoxy) is 13. The first-order valence-corrected chi connectivity index (χ1v) is 34.1. The van der Waals surface area contributed by atoms with Crippen LogP contribution in [-0.2, 0) is 91.0 Å². The average molecular weight is 1510 g/mol. The van der Waals surface area contributed by atoms with Crippen molar-refractivity contribution >= 4 is 47.4 Å². The molecule has 578 valence electrons. The second-order valence-corrected chi connectivity index (χ2v) is 25.9. The number of esters is 2. The van der Waals surface area contributed by atoms with Gasteiger partial charge < -0.3 is 93.5 Å². The number of hydrogen-bond acceptors (Lipinski definition) is 19. The van der Waals surface area contributed by atoms with Crippen LogP contribution in [0, 0.1) is 0 Å². The molecule has 2 saturated heterocycles. The number of carbonyl (C=O) groups is 6. The number of urea groups is 2. The van der Waals surface area contributed by atoms with Gasteiger partial charge in [0, 0.05) is 17.8 Å². The number of rotatable bonds is 31. The molecule has 7 aromatic rings. The maximum absolute atomic E-state index is 15.1. The highest BCUT2D eigenvalue weighted by atomic mass is 19.4. The number of anilines is 2. The Balaban J connectivity index is 1.17. The van der Waals surface area contributed by atoms with Crippen LogP contribution < -0.4 is 50.8 Å². The molecule has 10 atom stereocenters. The van der Waals surface area contributed by atoms with Crippen molar-refractivity contribution in [2.24, 2.45) is 0 Å². The third kappa shape index (κ3) is 24.5. The second-order valence-electron chi connectivity index (χ2n) is 25.9. The van der Waals surface area contributed by atoms with Crippen molar-refractivity contribution in [3.8, 4) is 23.0 Å². The molecular formula is C77H84F6N6O19. The fraction of sp³-hybridized carbons (Fsp3) is 0.377. The van der Waals surface area contributed by atoms with Crippen LogP contribution in [-0.4, -0.2) is 151 Å². The van der Waals surface area contributed by atoms with E-state index in [1.807, 2.05) is 0 Å². The summed E-state index contributed by atoms with van der Waals surface area (Å²) in [7, 11) is 5.96. The number of halogens is 6. The van der Waals surface area contributed by atoms with E-state index in [-0.39, 0.29) is 56.6 Å². The molecule has 108 heavy (non-hydrogen) atoms. The summed E-state index contributed by atoms with van der Waals surface area (Å²) in [4.78, 5) is 85.3. The molecular weight excluding hydrogens is 1430 g/mol. The number of methoxy groups -OCH3 is 4. The van der Waals surface area contributed by atoms with E-state index in [1.165, 1.54) is 64.8 Å². The van der Waals surface area contributed by atoms with Crippen molar-refractivity contribution < 1.29 is 117 Å². The lowest BCUT2D eigenvalue weighted by Gasteiger charge is -2.49. The van der Waals surface area contributed by atoms with Gasteiger partial charge in [0.2, 0.25) is 5.91 Å². The summed E-state index contributed by atoms with van der Waals surface area (Å²) in [5.41, 5.74) is -1.49. The predicted octanol–water partition coefficient (Wildman–Crippen LogP) is 12.1. The maximum atomic E-state index is 15.1. The zero-order valence-corrected chi connectivity index (χ0v) is 59.9. The highest BCUT2D eigenvalue weighted by Gasteiger charge is 2.53. The zero-order chi connectivity index (χ0) is 77.5. The van der Waals surface area contributed by atoms with Gasteiger partial charge in [-0.1, -0.05) is 78.9 Å². The SMILES string of the molecule is COc1ccc(COCC2O[C@@H](O[C@@H]3C(NC(=O)Nc4cccc(C(F)(F)F)c4)COC(COCc4ccc(OC)cc4)[C@@H]3NC(=O)CC[C@H](NC(=O)OC(C)(C)C)C(=O)OC(=O)c3ccccc3)C(NC(=O)Nc3cccc(C(F)(F)F)c3)[C@@H](OCc3ccc(OC)cc3)[C@@H]2OCc2ccc(OC)cc2)cc1. The third-order valence-corrected chi connectivity index (χ3v) is 16.9. The predicted molar refractivity (Wildman–Crippen MR) is 378 cm³/mol. The molecule has 0 spiro atoms. The van der Waals surface area contributed by atoms with Gasteiger partial charge in [0.1, 0.15) is 71.2 Å². The lowest BCUT2D eigenvalue weighted by atomic mass is 9.93. The lowest BCUT2D eigenvalue weighted by molar-refractivity contribution is -0.309. The summed E-state index contributed by atoms with van der Waals surface area (Å²) in [6.45, 7) is 2.85. The van der Waals surface area contributed by atoms with Gasteiger partial charge in [-0.2, -0.15) is 26.3 Å². The van der Waals surface area contributed by atoms with E-state index < -0.39 is 146 Å². The molecule has 2 fully saturated rings. The molecule has 6 N–H and O–H groups in total. The molecule has 0 aromatic heterocycles. The summed E-state index contributed by atoms with van der Waals surface area (Å²) in [6.07, 6.45) is -21.1. The van der Waals surface area contributed by atoms with Gasteiger partial charge in [-0.3, -0.25) is 4.79 Å². The minimum atomic E-state index is -4.85. The molecule has 4 unspecified atom stereocenters. The Hall–Kier alpha value is -10.5. The van der Waals surface area contributed by atoms with E-state index in [0.29, 0.717) is 57.4 Å². The zero-order valence-electron chi connectivity index (χ0n) is 59.9. The summed E-state index contributed by atoms with van der Waals surface area (Å²) >= 11 is 0. The van der Waals surface area contributed by atoms with Gasteiger partial charge in [-0.25, -0.2) is 24.0 Å². The summed E-state index contributed by atoms with van der Waals surface area (Å²) < 4.78 is 165. The van der Waals surface area contributed by atoms with E-state index >= 15 is 4.79 Å². The van der Waals surface area contributed by atoms with Crippen LogP contribution in [0.2, 0.25) is 0 Å². The Morgan fingerprint density at radius 3 is 1.44 bits per heavy atom. The summed E-state index contributed by atoms with van der Waals surface area (Å²) in [5, 5.41) is 15.7. The molecule has 0 aliphatic carbocycles. The van der Waals surface area contributed by atoms with Crippen LogP contribution in [0.25, 0.3) is 0 Å². The van der Waals surface area contributed by atoms with Gasteiger partial charge >= 0.3 is 42.4 Å². The molecule has 31 heteroatoms. The van der Waals surface area contributed by atoms with E-state index in [0.717, 1.165) is 24.3 Å². The first-order chi connectivity index (χ1) is 51.6. The molecule has 0 bridgehead atoms. The Bertz CT molecular complexity index is 4080. The van der Waals surface area contributed by atoms with Gasteiger partial charge in [0.05, 0.1) is 103 Å². The molecule has 9 rings (SSSR count). The van der Waals surface area contributed by atoms with Crippen molar-refractivity contribution in [1.82, 2.24) is 21.3 Å². The molecule has 25 nitrogen and oxygen atoms in total. The Morgan fingerprint density at radius 1 is 0.509 bits per heavy atom. The minimum absolute atomic E-state index is 0.0234. The Labute approximate surface area is 618 Å². The average Bonchev–Trinajstić information content (AvgIpc) is 0.769. The molecule has 2 heterocycles. The Morgan fingerprint density at radius 2 is 0.972 bits per heavy atom. The minimum Gasteiger partial charge on any atom is -0.497 e. The highest BCUT2D eigenvalue weighted by molar-refractivity contribution is 5.99. The van der Waals surface area contributed by atoms with Gasteiger partial charge in [-0.05, 0) is 147 Å². The molecule has 6 amide bonds. The topological polar surface area (TPSA) is 295 Å². The van der Waals surface area contributed by atoms with Crippen molar-refractivity contribution in [2.45, 2.75) is 139 Å². The molecule has 0 saturated carbocycles. The quantitative estimate of drug-likeness (QED) is 0.0134. The Kier molecular flexibility index (Phi) is 28.9. The largest absolute Gasteiger partial charge is 0.497 e. The van der Waals surface area contributed by atoms with Gasteiger partial charge in [0.15, 0.2) is 6.29 Å². The van der Waals surface area contributed by atoms with E-state index in [2.05, 4.69) is 31.9 Å². The number of amides is 6. The molecule has 2 aliphatic rings. The third-order valence-electron chi connectivity index (χ3n) is 16.9. The van der Waals surface area contributed by atoms with Crippen LogP contribution in [0.5, 0.6) is 23.0 Å². The van der Waals surface area contributed by atoms with E-state index in [1.54, 1.807) is 124 Å². The van der Waals surface area contributed by atoms with Crippen molar-refractivity contribution in [1.29, 1.82) is 0 Å². The van der Waals surface area contributed by atoms with Crippen LogP contribution >= 0.6 is 0 Å². The number of alkyl carbamates (subject to hydrolysis) is 1. The summed E-state index contributed by atoms with van der Waals surface area (Å²) in [5.74, 6) is -1.19. The number of hydrogen-bond donors (Lipinski definition) is 6. The maximum Gasteiger partial charge on any atom is 0.416 e. The standard InChI is InChI=1S/C77H84F6N6O19/c1-75(2,3)108-74(95)87-59(70(92)107-69(91)50-13-9-8-10-14-50)35-36-63(90)88-64-61(44-100-39-46-19-27-55(96-4)28-20-46)102-43-60(86-72(93)84-53-17-11-15-51(37-53)76(78,79)80)66(64)106-71-65(89-73(94)85-54-18-12-16-52(38-54)77(81,82)83)68(104-42-49-25-33-58(99-7)34-26-49)67(103-41-48-23-31-57(98-6)32-24-48)62(105-71)45-101-40-47-21-29-56(97-5)30-22-47/h8-34,37-38,59-62,64-68,71H,35-36,39-45H2,1-7H3,(H,87,95)(H,88,90)(H2,84,86,93)(H2,85,89,94)/t59-,60?,61?,62?,64-,65?,66+,67+,68+,71-/m0/s1. The number of carbonyl (C=O) groups excluding carboxylic acids is 6. The van der Waals surface area contributed by atoms with Crippen LogP contribution in [0.15, 0.2) is 176 Å². The van der Waals surface area contributed by atoms with Crippen molar-refractivity contribution in [2.75, 3.05) is 58.9 Å². The lowest BCUT2D eigenvalue weighted by Crippen LogP contribution is -2.71. The second kappa shape index (κ2) is 38.3. The number of benzene rings is 7. The van der Waals surface area contributed by atoms with Crippen molar-refractivity contribution in [3.63, 3.8) is 0 Å². The first-order valence-electron chi connectivity index (χ1n) is 34.1. The van der Waals surface area contributed by atoms with Gasteiger partial charge in [0.25, 0.3) is 0 Å². The smallest absolute Gasteiger partial charge is 0.416 e. The van der Waals surface area contributed by atoms with Crippen LogP contribution in [0.1, 0.15) is 77.4 Å². The van der Waals surface area contributed by atoms with Crippen molar-refractivity contribution in [3.05, 3.63) is 215 Å². The normalized spacial score (nSPS) is 19.6. The first kappa shape index (κ1) is 81.5. The molecule has 7 aromatic carbocycles. The van der Waals surface area contributed by atoms with Crippen LogP contribution in [0.3, 0.4) is 0 Å². The van der Waals surface area contributed by atoms with E-state index in [4.69, 9.17) is 61.6 Å². The number of alkyl halides is 6. The van der Waals surface area contributed by atoms with E-state index in [9.17, 15) is 50.3 Å². The molecule has 0 radical (unpaired) electrons. The van der Waals surface area contributed by atoms with Gasteiger partial charge in [-0.15, -0.1) is 0 Å². The fourth-order valence-electron chi connectivity index (χ4n) is 11.5. The fourth-order valence-corrected chi connectivity index (χ4v) is 11.5. The van der Waals surface area contributed by atoms with Crippen LogP contribution in [0.4, 0.5) is 52.1 Å². The highest BCUT2D eigenvalue weighted by Crippen LogP contribution is 2.36. The monoisotopic (exact) mass is 1510 g/mol. The summed E-state index contributed by atoms with van der Waals surface area (Å²) in [6, 6.07) is 33.6. The molecule has 2 aliphatic heterocycles. The number of nitrogens with one attached hydrogen (secondary N) is 6.